The molecule has 4 heteroatoms. The predicted octanol–water partition coefficient (Wildman–Crippen LogP) is 2.20. The number of carbonyl (C=O) groups excluding carboxylic acids is 1. The molecule has 1 amide bonds. The van der Waals surface area contributed by atoms with E-state index >= 15 is 0 Å². The second-order valence-electron chi connectivity index (χ2n) is 5.42. The van der Waals surface area contributed by atoms with Crippen molar-refractivity contribution >= 4 is 5.91 Å². The molecule has 0 bridgehead atoms. The fraction of sp³-hybridized carbons (Fsp3) is 0.562. The molecule has 0 spiro atoms. The number of hydrogen-bond donors (Lipinski definition) is 2. The smallest absolute Gasteiger partial charge is 0.255 e. The van der Waals surface area contributed by atoms with Crippen LogP contribution in [0.3, 0.4) is 0 Å². The molecular formula is C16H24N2O2. The lowest BCUT2D eigenvalue weighted by atomic mass is 10.2. The lowest BCUT2D eigenvalue weighted by molar-refractivity contribution is 0.0946. The maximum atomic E-state index is 12.2. The number of ether oxygens (including phenoxy) is 1. The summed E-state index contributed by atoms with van der Waals surface area (Å²) < 4.78 is 5.76. The van der Waals surface area contributed by atoms with E-state index < -0.39 is 0 Å². The fourth-order valence-electron chi connectivity index (χ4n) is 2.03. The van der Waals surface area contributed by atoms with Gasteiger partial charge in [0.1, 0.15) is 5.75 Å². The Kier molecular flexibility index (Phi) is 5.41. The van der Waals surface area contributed by atoms with Gasteiger partial charge in [0, 0.05) is 12.6 Å². The van der Waals surface area contributed by atoms with Crippen LogP contribution in [0.2, 0.25) is 0 Å². The van der Waals surface area contributed by atoms with Gasteiger partial charge in [-0.15, -0.1) is 0 Å². The van der Waals surface area contributed by atoms with Crippen LogP contribution in [0.1, 0.15) is 37.0 Å². The molecule has 1 aliphatic carbocycles. The highest BCUT2D eigenvalue weighted by atomic mass is 16.5. The number of carbonyl (C=O) groups is 1. The van der Waals surface area contributed by atoms with Gasteiger partial charge in [-0.1, -0.05) is 19.1 Å². The molecule has 110 valence electrons. The van der Waals surface area contributed by atoms with Crippen molar-refractivity contribution in [3.05, 3.63) is 29.8 Å². The van der Waals surface area contributed by atoms with Crippen LogP contribution < -0.4 is 15.4 Å². The second kappa shape index (κ2) is 7.29. The first-order chi connectivity index (χ1) is 9.70. The summed E-state index contributed by atoms with van der Waals surface area (Å²) in [6.07, 6.45) is 2.49. The molecule has 2 rings (SSSR count). The first kappa shape index (κ1) is 14.9. The van der Waals surface area contributed by atoms with Crippen LogP contribution in [0.25, 0.3) is 0 Å². The number of nitrogens with one attached hydrogen (secondary N) is 2. The maximum Gasteiger partial charge on any atom is 0.255 e. The maximum absolute atomic E-state index is 12.2. The van der Waals surface area contributed by atoms with Crippen LogP contribution >= 0.6 is 0 Å². The summed E-state index contributed by atoms with van der Waals surface area (Å²) in [5.74, 6) is 1.30. The van der Waals surface area contributed by atoms with E-state index in [-0.39, 0.29) is 11.9 Å². The number of likely N-dealkylation sites (N-methyl/N-ethyl adjacent to an activating group) is 1. The van der Waals surface area contributed by atoms with E-state index in [2.05, 4.69) is 24.5 Å². The van der Waals surface area contributed by atoms with Gasteiger partial charge in [-0.2, -0.15) is 0 Å². The standard InChI is InChI=1S/C16H24N2O2/c1-3-17-12(2)10-18-16(19)14-6-4-5-7-15(14)20-11-13-8-9-13/h4-7,12-13,17H,3,8-11H2,1-2H3,(H,18,19)/t12-/m1/s1. The van der Waals surface area contributed by atoms with E-state index in [1.165, 1.54) is 12.8 Å². The van der Waals surface area contributed by atoms with E-state index in [1.807, 2.05) is 24.3 Å². The molecule has 0 aliphatic heterocycles. The zero-order valence-electron chi connectivity index (χ0n) is 12.3. The zero-order valence-corrected chi connectivity index (χ0v) is 12.3. The molecule has 0 unspecified atom stereocenters. The molecule has 1 aromatic carbocycles. The van der Waals surface area contributed by atoms with E-state index in [4.69, 9.17) is 4.74 Å². The van der Waals surface area contributed by atoms with E-state index in [0.717, 1.165) is 13.2 Å². The SMILES string of the molecule is CCN[C@H](C)CNC(=O)c1ccccc1OCC1CC1. The summed E-state index contributed by atoms with van der Waals surface area (Å²) in [6, 6.07) is 7.72. The highest BCUT2D eigenvalue weighted by molar-refractivity contribution is 5.96. The molecule has 1 aliphatic rings. The van der Waals surface area contributed by atoms with Crippen molar-refractivity contribution in [2.24, 2.45) is 5.92 Å². The normalized spacial score (nSPS) is 15.7. The third kappa shape index (κ3) is 4.53. The largest absolute Gasteiger partial charge is 0.492 e. The Labute approximate surface area is 120 Å². The van der Waals surface area contributed by atoms with Gasteiger partial charge >= 0.3 is 0 Å². The number of para-hydroxylation sites is 1. The van der Waals surface area contributed by atoms with Crippen LogP contribution in [0, 0.1) is 5.92 Å². The van der Waals surface area contributed by atoms with Crippen molar-refractivity contribution in [2.45, 2.75) is 32.7 Å². The van der Waals surface area contributed by atoms with Crippen molar-refractivity contribution < 1.29 is 9.53 Å². The van der Waals surface area contributed by atoms with Gasteiger partial charge < -0.3 is 15.4 Å². The van der Waals surface area contributed by atoms with Crippen LogP contribution in [0.15, 0.2) is 24.3 Å². The Morgan fingerprint density at radius 1 is 1.40 bits per heavy atom. The lowest BCUT2D eigenvalue weighted by Crippen LogP contribution is -2.38. The Bertz CT molecular complexity index is 444. The summed E-state index contributed by atoms with van der Waals surface area (Å²) in [5.41, 5.74) is 0.622. The number of rotatable bonds is 8. The lowest BCUT2D eigenvalue weighted by Gasteiger charge is -2.15. The van der Waals surface area contributed by atoms with Crippen molar-refractivity contribution in [1.82, 2.24) is 10.6 Å². The minimum absolute atomic E-state index is 0.0684. The zero-order chi connectivity index (χ0) is 14.4. The topological polar surface area (TPSA) is 50.4 Å². The van der Waals surface area contributed by atoms with E-state index in [0.29, 0.717) is 23.8 Å². The molecule has 2 N–H and O–H groups in total. The number of benzene rings is 1. The van der Waals surface area contributed by atoms with Crippen LogP contribution in [0.5, 0.6) is 5.75 Å². The molecule has 4 nitrogen and oxygen atoms in total. The summed E-state index contributed by atoms with van der Waals surface area (Å²) in [6.45, 7) is 6.35. The van der Waals surface area contributed by atoms with Gasteiger partial charge in [0.05, 0.1) is 12.2 Å². The van der Waals surface area contributed by atoms with Gasteiger partial charge in [0.2, 0.25) is 0 Å². The molecule has 0 saturated heterocycles. The molecular weight excluding hydrogens is 252 g/mol. The highest BCUT2D eigenvalue weighted by Crippen LogP contribution is 2.30. The summed E-state index contributed by atoms with van der Waals surface area (Å²) in [7, 11) is 0. The molecule has 0 aromatic heterocycles. The summed E-state index contributed by atoms with van der Waals surface area (Å²) >= 11 is 0. The first-order valence-electron chi connectivity index (χ1n) is 7.44. The monoisotopic (exact) mass is 276 g/mol. The minimum Gasteiger partial charge on any atom is -0.492 e. The van der Waals surface area contributed by atoms with Crippen LogP contribution in [0.4, 0.5) is 0 Å². The number of hydrogen-bond acceptors (Lipinski definition) is 3. The third-order valence-electron chi connectivity index (χ3n) is 3.42. The molecule has 1 aromatic rings. The predicted molar refractivity (Wildman–Crippen MR) is 80.1 cm³/mol. The third-order valence-corrected chi connectivity index (χ3v) is 3.42. The average Bonchev–Trinajstić information content (AvgIpc) is 3.27. The van der Waals surface area contributed by atoms with Crippen molar-refractivity contribution in [3.8, 4) is 5.75 Å². The second-order valence-corrected chi connectivity index (χ2v) is 5.42. The Morgan fingerprint density at radius 3 is 2.85 bits per heavy atom. The Hall–Kier alpha value is -1.55. The van der Waals surface area contributed by atoms with Gasteiger partial charge in [0.15, 0.2) is 0 Å². The van der Waals surface area contributed by atoms with Crippen molar-refractivity contribution in [3.63, 3.8) is 0 Å². The van der Waals surface area contributed by atoms with Gasteiger partial charge in [-0.25, -0.2) is 0 Å². The molecule has 20 heavy (non-hydrogen) atoms. The molecule has 0 radical (unpaired) electrons. The molecule has 0 heterocycles. The summed E-state index contributed by atoms with van der Waals surface area (Å²) in [4.78, 5) is 12.2. The van der Waals surface area contributed by atoms with E-state index in [9.17, 15) is 4.79 Å². The van der Waals surface area contributed by atoms with Gasteiger partial charge in [0.25, 0.3) is 5.91 Å². The molecule has 1 fully saturated rings. The Balaban J connectivity index is 1.90. The van der Waals surface area contributed by atoms with Crippen LogP contribution in [-0.4, -0.2) is 31.6 Å². The minimum atomic E-state index is -0.0684. The number of amides is 1. The average molecular weight is 276 g/mol. The fourth-order valence-corrected chi connectivity index (χ4v) is 2.03. The van der Waals surface area contributed by atoms with Gasteiger partial charge in [-0.05, 0) is 44.4 Å². The van der Waals surface area contributed by atoms with Crippen molar-refractivity contribution in [1.29, 1.82) is 0 Å². The van der Waals surface area contributed by atoms with Crippen molar-refractivity contribution in [2.75, 3.05) is 19.7 Å². The van der Waals surface area contributed by atoms with Crippen LogP contribution in [-0.2, 0) is 0 Å². The summed E-state index contributed by atoms with van der Waals surface area (Å²) in [5, 5.41) is 6.22. The highest BCUT2D eigenvalue weighted by Gasteiger charge is 2.23. The Morgan fingerprint density at radius 2 is 2.15 bits per heavy atom. The van der Waals surface area contributed by atoms with E-state index in [1.54, 1.807) is 0 Å². The molecule has 1 saturated carbocycles. The molecule has 1 atom stereocenters. The first-order valence-corrected chi connectivity index (χ1v) is 7.44. The van der Waals surface area contributed by atoms with Gasteiger partial charge in [-0.3, -0.25) is 4.79 Å². The quantitative estimate of drug-likeness (QED) is 0.765.